The van der Waals surface area contributed by atoms with E-state index in [0.29, 0.717) is 43.4 Å². The SMILES string of the molecule is CCC(C)C1(Cc2nnnn2C)CCN(C(=O)[C@H](Cc2ccc(Cl)cc2)NC(=O)[C@H]2Cc3ccccc3CN2)CC1. The van der Waals surface area contributed by atoms with Gasteiger partial charge in [0.2, 0.25) is 11.8 Å². The minimum Gasteiger partial charge on any atom is -0.343 e. The zero-order chi connectivity index (χ0) is 29.0. The summed E-state index contributed by atoms with van der Waals surface area (Å²) >= 11 is 6.12. The second kappa shape index (κ2) is 12.7. The first-order valence-electron chi connectivity index (χ1n) is 14.6. The lowest BCUT2D eigenvalue weighted by Gasteiger charge is -2.46. The maximum atomic E-state index is 14.0. The van der Waals surface area contributed by atoms with Gasteiger partial charge in [-0.05, 0) is 69.8 Å². The van der Waals surface area contributed by atoms with Crippen LogP contribution < -0.4 is 10.6 Å². The molecule has 2 aliphatic rings. The molecule has 2 aromatic carbocycles. The molecule has 10 heteroatoms. The average Bonchev–Trinajstić information content (AvgIpc) is 3.40. The van der Waals surface area contributed by atoms with Gasteiger partial charge in [-0.25, -0.2) is 4.68 Å². The van der Waals surface area contributed by atoms with Gasteiger partial charge in [-0.3, -0.25) is 9.59 Å². The molecule has 218 valence electrons. The molecule has 5 rings (SSSR count). The van der Waals surface area contributed by atoms with Crippen LogP contribution in [0.1, 0.15) is 55.6 Å². The summed E-state index contributed by atoms with van der Waals surface area (Å²) in [4.78, 5) is 29.5. The number of rotatable bonds is 9. The number of carbonyl (C=O) groups is 2. The normalized spacial score (nSPS) is 19.7. The van der Waals surface area contributed by atoms with Gasteiger partial charge in [0.05, 0.1) is 6.04 Å². The Morgan fingerprint density at radius 1 is 1.12 bits per heavy atom. The average molecular weight is 578 g/mol. The lowest BCUT2D eigenvalue weighted by molar-refractivity contribution is -0.139. The number of likely N-dealkylation sites (tertiary alicyclic amines) is 1. The number of nitrogens with one attached hydrogen (secondary N) is 2. The van der Waals surface area contributed by atoms with Crippen molar-refractivity contribution in [3.05, 3.63) is 76.1 Å². The number of hydrogen-bond donors (Lipinski definition) is 2. The molecule has 3 heterocycles. The highest BCUT2D eigenvalue weighted by molar-refractivity contribution is 6.30. The highest BCUT2D eigenvalue weighted by atomic mass is 35.5. The van der Waals surface area contributed by atoms with Crippen molar-refractivity contribution in [2.24, 2.45) is 18.4 Å². The van der Waals surface area contributed by atoms with E-state index in [1.54, 1.807) is 4.68 Å². The van der Waals surface area contributed by atoms with E-state index in [4.69, 9.17) is 11.6 Å². The maximum absolute atomic E-state index is 14.0. The van der Waals surface area contributed by atoms with Crippen LogP contribution in [0.25, 0.3) is 0 Å². The fourth-order valence-corrected chi connectivity index (χ4v) is 6.48. The largest absolute Gasteiger partial charge is 0.343 e. The third-order valence-electron chi connectivity index (χ3n) is 9.31. The second-order valence-electron chi connectivity index (χ2n) is 11.7. The number of halogens is 1. The van der Waals surface area contributed by atoms with Crippen LogP contribution in [0.5, 0.6) is 0 Å². The Kier molecular flexibility index (Phi) is 9.04. The molecule has 2 aliphatic heterocycles. The topological polar surface area (TPSA) is 105 Å². The Morgan fingerprint density at radius 3 is 2.49 bits per heavy atom. The molecule has 3 atom stereocenters. The Balaban J connectivity index is 1.30. The van der Waals surface area contributed by atoms with Gasteiger partial charge >= 0.3 is 0 Å². The summed E-state index contributed by atoms with van der Waals surface area (Å²) in [5.41, 5.74) is 3.35. The molecular weight excluding hydrogens is 538 g/mol. The Morgan fingerprint density at radius 2 is 1.83 bits per heavy atom. The third-order valence-corrected chi connectivity index (χ3v) is 9.56. The molecule has 0 saturated carbocycles. The van der Waals surface area contributed by atoms with E-state index < -0.39 is 6.04 Å². The highest BCUT2D eigenvalue weighted by Crippen LogP contribution is 2.43. The Labute approximate surface area is 247 Å². The number of amides is 2. The molecule has 1 unspecified atom stereocenters. The summed E-state index contributed by atoms with van der Waals surface area (Å²) in [5, 5.41) is 19.2. The van der Waals surface area contributed by atoms with Crippen LogP contribution in [-0.4, -0.2) is 62.1 Å². The van der Waals surface area contributed by atoms with Crippen molar-refractivity contribution in [2.75, 3.05) is 13.1 Å². The number of benzene rings is 2. The van der Waals surface area contributed by atoms with E-state index in [2.05, 4.69) is 52.1 Å². The van der Waals surface area contributed by atoms with E-state index in [-0.39, 0.29) is 23.3 Å². The minimum atomic E-state index is -0.665. The number of nitrogens with zero attached hydrogens (tertiary/aromatic N) is 5. The Bertz CT molecular complexity index is 1350. The van der Waals surface area contributed by atoms with E-state index in [0.717, 1.165) is 37.1 Å². The fraction of sp³-hybridized carbons (Fsp3) is 0.516. The summed E-state index contributed by atoms with van der Waals surface area (Å²) in [6.45, 7) is 6.41. The molecule has 0 aliphatic carbocycles. The van der Waals surface area contributed by atoms with Gasteiger partial charge in [0, 0.05) is 44.5 Å². The van der Waals surface area contributed by atoms with E-state index in [1.807, 2.05) is 48.3 Å². The maximum Gasteiger partial charge on any atom is 0.245 e. The predicted molar refractivity (Wildman–Crippen MR) is 158 cm³/mol. The van der Waals surface area contributed by atoms with Crippen LogP contribution in [0, 0.1) is 11.3 Å². The molecule has 0 spiro atoms. The molecule has 1 fully saturated rings. The zero-order valence-corrected chi connectivity index (χ0v) is 24.9. The molecule has 2 amide bonds. The Hall–Kier alpha value is -3.30. The van der Waals surface area contributed by atoms with Crippen LogP contribution in [0.2, 0.25) is 5.02 Å². The number of aromatic nitrogens is 4. The van der Waals surface area contributed by atoms with Crippen LogP contribution >= 0.6 is 11.6 Å². The smallest absolute Gasteiger partial charge is 0.245 e. The van der Waals surface area contributed by atoms with Gasteiger partial charge in [-0.1, -0.05) is 68.3 Å². The van der Waals surface area contributed by atoms with Crippen molar-refractivity contribution in [1.29, 1.82) is 0 Å². The van der Waals surface area contributed by atoms with Gasteiger partial charge in [0.15, 0.2) is 5.82 Å². The monoisotopic (exact) mass is 577 g/mol. The van der Waals surface area contributed by atoms with Crippen LogP contribution in [-0.2, 0) is 42.4 Å². The molecular formula is C31H40ClN7O2. The van der Waals surface area contributed by atoms with Gasteiger partial charge in [-0.2, -0.15) is 0 Å². The van der Waals surface area contributed by atoms with E-state index in [1.165, 1.54) is 11.1 Å². The number of carbonyl (C=O) groups excluding carboxylic acids is 2. The number of tetrazole rings is 1. The number of piperidine rings is 1. The lowest BCUT2D eigenvalue weighted by atomic mass is 9.66. The van der Waals surface area contributed by atoms with Crippen LogP contribution in [0.15, 0.2) is 48.5 Å². The fourth-order valence-electron chi connectivity index (χ4n) is 6.35. The number of aryl methyl sites for hydroxylation is 1. The first kappa shape index (κ1) is 29.2. The second-order valence-corrected chi connectivity index (χ2v) is 12.1. The first-order chi connectivity index (χ1) is 19.8. The quantitative estimate of drug-likeness (QED) is 0.403. The summed E-state index contributed by atoms with van der Waals surface area (Å²) in [6.07, 6.45) is 4.57. The minimum absolute atomic E-state index is 0.0162. The highest BCUT2D eigenvalue weighted by Gasteiger charge is 2.42. The molecule has 1 saturated heterocycles. The molecule has 3 aromatic rings. The van der Waals surface area contributed by atoms with Gasteiger partial charge < -0.3 is 15.5 Å². The molecule has 2 N–H and O–H groups in total. The predicted octanol–water partition coefficient (Wildman–Crippen LogP) is 3.50. The van der Waals surface area contributed by atoms with Crippen molar-refractivity contribution in [2.45, 2.75) is 71.0 Å². The summed E-state index contributed by atoms with van der Waals surface area (Å²) < 4.78 is 1.75. The molecule has 0 radical (unpaired) electrons. The van der Waals surface area contributed by atoms with Crippen LogP contribution in [0.3, 0.4) is 0 Å². The van der Waals surface area contributed by atoms with Crippen molar-refractivity contribution >= 4 is 23.4 Å². The third kappa shape index (κ3) is 6.62. The van der Waals surface area contributed by atoms with Crippen molar-refractivity contribution < 1.29 is 9.59 Å². The number of hydrogen-bond acceptors (Lipinski definition) is 6. The molecule has 41 heavy (non-hydrogen) atoms. The van der Waals surface area contributed by atoms with E-state index >= 15 is 0 Å². The van der Waals surface area contributed by atoms with Gasteiger partial charge in [0.25, 0.3) is 0 Å². The molecule has 1 aromatic heterocycles. The summed E-state index contributed by atoms with van der Waals surface area (Å²) in [7, 11) is 1.88. The van der Waals surface area contributed by atoms with Gasteiger partial charge in [-0.15, -0.1) is 5.10 Å². The van der Waals surface area contributed by atoms with Crippen molar-refractivity contribution in [1.82, 2.24) is 35.7 Å². The molecule has 0 bridgehead atoms. The zero-order valence-electron chi connectivity index (χ0n) is 24.1. The van der Waals surface area contributed by atoms with Crippen molar-refractivity contribution in [3.8, 4) is 0 Å². The lowest BCUT2D eigenvalue weighted by Crippen LogP contribution is -2.57. The standard InChI is InChI=1S/C31H40ClN7O2/c1-4-21(2)31(19-28-35-36-37-38(28)3)13-15-39(16-14-31)30(41)27(17-22-9-11-25(32)12-10-22)34-29(40)26-18-23-7-5-6-8-24(23)20-33-26/h5-12,21,26-27,33H,4,13-20H2,1-3H3,(H,34,40)/t21?,26-,27+/m1/s1. The van der Waals surface area contributed by atoms with Gasteiger partial charge in [0.1, 0.15) is 6.04 Å². The van der Waals surface area contributed by atoms with Crippen molar-refractivity contribution in [3.63, 3.8) is 0 Å². The summed E-state index contributed by atoms with van der Waals surface area (Å²) in [6, 6.07) is 14.6. The first-order valence-corrected chi connectivity index (χ1v) is 15.0. The molecule has 9 nitrogen and oxygen atoms in total. The van der Waals surface area contributed by atoms with E-state index in [9.17, 15) is 9.59 Å². The summed E-state index contributed by atoms with van der Waals surface area (Å²) in [5.74, 6) is 1.15. The van der Waals surface area contributed by atoms with Crippen LogP contribution in [0.4, 0.5) is 0 Å². The number of fused-ring (bicyclic) bond motifs is 1.